The summed E-state index contributed by atoms with van der Waals surface area (Å²) in [4.78, 5) is 22.8. The van der Waals surface area contributed by atoms with Gasteiger partial charge in [-0.25, -0.2) is 0 Å². The summed E-state index contributed by atoms with van der Waals surface area (Å²) >= 11 is 0. The van der Waals surface area contributed by atoms with Crippen LogP contribution in [0.4, 0.5) is 0 Å². The molecule has 0 aromatic rings. The fourth-order valence-corrected chi connectivity index (χ4v) is 2.27. The Kier molecular flexibility index (Phi) is 13.8. The Bertz CT molecular complexity index is 558. The molecule has 0 bridgehead atoms. The minimum Gasteiger partial charge on any atom is -0.458 e. The Morgan fingerprint density at radius 3 is 2.38 bits per heavy atom. The lowest BCUT2D eigenvalue weighted by molar-refractivity contribution is -0.172. The second-order valence-corrected chi connectivity index (χ2v) is 5.91. The average Bonchev–Trinajstić information content (AvgIpc) is 2.57. The van der Waals surface area contributed by atoms with Crippen LogP contribution in [0.3, 0.4) is 0 Å². The molecule has 0 fully saturated rings. The van der Waals surface area contributed by atoms with E-state index >= 15 is 0 Å². The largest absolute Gasteiger partial charge is 0.458 e. The number of carbonyl (C=O) groups excluding carboxylic acids is 2. The number of hydrogen-bond acceptors (Lipinski definition) is 5. The lowest BCUT2D eigenvalue weighted by Crippen LogP contribution is -2.42. The number of aliphatic hydroxyl groups is 1. The smallest absolute Gasteiger partial charge is 0.303 e. The van der Waals surface area contributed by atoms with Gasteiger partial charge in [0, 0.05) is 20.3 Å². The van der Waals surface area contributed by atoms with Crippen molar-refractivity contribution in [1.82, 2.24) is 0 Å². The van der Waals surface area contributed by atoms with Crippen LogP contribution in [-0.4, -0.2) is 35.4 Å². The number of hydrogen-bond donors (Lipinski definition) is 1. The van der Waals surface area contributed by atoms with Gasteiger partial charge in [-0.05, 0) is 43.9 Å². The Hall–Kier alpha value is -2.24. The number of rotatable bonds is 11. The van der Waals surface area contributed by atoms with Crippen LogP contribution in [0, 0.1) is 23.7 Å². The maximum absolute atomic E-state index is 11.4. The highest BCUT2D eigenvalue weighted by Crippen LogP contribution is 2.17. The van der Waals surface area contributed by atoms with Crippen molar-refractivity contribution in [3.8, 4) is 23.7 Å². The van der Waals surface area contributed by atoms with Gasteiger partial charge < -0.3 is 14.6 Å². The van der Waals surface area contributed by atoms with E-state index in [1.165, 1.54) is 13.8 Å². The molecule has 5 heteroatoms. The molecule has 0 saturated carbocycles. The van der Waals surface area contributed by atoms with E-state index in [4.69, 9.17) is 9.47 Å². The number of ether oxygens (including phenoxy) is 2. The molecule has 0 saturated heterocycles. The van der Waals surface area contributed by atoms with Gasteiger partial charge in [0.05, 0.1) is 0 Å². The summed E-state index contributed by atoms with van der Waals surface area (Å²) in [5.74, 6) is 9.54. The van der Waals surface area contributed by atoms with Crippen LogP contribution >= 0.6 is 0 Å². The quantitative estimate of drug-likeness (QED) is 0.265. The summed E-state index contributed by atoms with van der Waals surface area (Å²) in [5, 5.41) is 10.3. The second kappa shape index (κ2) is 15.0. The van der Waals surface area contributed by atoms with Crippen LogP contribution in [-0.2, 0) is 19.1 Å². The number of esters is 2. The fraction of sp³-hybridized carbons (Fsp3) is 0.619. The van der Waals surface area contributed by atoms with Crippen LogP contribution in [0.2, 0.25) is 0 Å². The minimum absolute atomic E-state index is 0.467. The first-order valence-corrected chi connectivity index (χ1v) is 9.04. The normalized spacial score (nSPS) is 13.1. The van der Waals surface area contributed by atoms with Crippen molar-refractivity contribution in [2.45, 2.75) is 84.0 Å². The molecule has 3 atom stereocenters. The highest BCUT2D eigenvalue weighted by Gasteiger charge is 2.32. The summed E-state index contributed by atoms with van der Waals surface area (Å²) in [7, 11) is 0. The maximum Gasteiger partial charge on any atom is 0.303 e. The Morgan fingerprint density at radius 1 is 1.12 bits per heavy atom. The molecule has 1 N–H and O–H groups in total. The van der Waals surface area contributed by atoms with E-state index in [0.717, 1.165) is 38.5 Å². The molecule has 0 aliphatic carbocycles. The fourth-order valence-electron chi connectivity index (χ4n) is 2.27. The molecule has 0 aromatic heterocycles. The summed E-state index contributed by atoms with van der Waals surface area (Å²) < 4.78 is 10.5. The molecule has 144 valence electrons. The van der Waals surface area contributed by atoms with Crippen LogP contribution in [0.25, 0.3) is 0 Å². The molecule has 5 nitrogen and oxygen atoms in total. The third-order valence-electron chi connectivity index (χ3n) is 3.44. The first-order chi connectivity index (χ1) is 12.4. The Balaban J connectivity index is 5.09. The van der Waals surface area contributed by atoms with Gasteiger partial charge in [0.25, 0.3) is 0 Å². The molecule has 0 rings (SSSR count). The van der Waals surface area contributed by atoms with Crippen molar-refractivity contribution in [3.63, 3.8) is 0 Å². The Labute approximate surface area is 157 Å². The van der Waals surface area contributed by atoms with E-state index < -0.39 is 30.3 Å². The molecule has 26 heavy (non-hydrogen) atoms. The number of aliphatic hydroxyl groups excluding tert-OH is 1. The van der Waals surface area contributed by atoms with Crippen LogP contribution in [0.5, 0.6) is 0 Å². The van der Waals surface area contributed by atoms with Gasteiger partial charge in [-0.1, -0.05) is 31.3 Å². The summed E-state index contributed by atoms with van der Waals surface area (Å²) in [6, 6.07) is 0. The lowest BCUT2D eigenvalue weighted by atomic mass is 10.0. The molecule has 0 aliphatic heterocycles. The van der Waals surface area contributed by atoms with Crippen LogP contribution in [0.15, 0.2) is 12.7 Å². The third-order valence-corrected chi connectivity index (χ3v) is 3.44. The van der Waals surface area contributed by atoms with Gasteiger partial charge in [-0.3, -0.25) is 9.59 Å². The van der Waals surface area contributed by atoms with Crippen molar-refractivity contribution in [2.75, 3.05) is 0 Å². The van der Waals surface area contributed by atoms with E-state index in [1.807, 2.05) is 13.0 Å². The molecule has 0 radical (unpaired) electrons. The molecular weight excluding hydrogens is 332 g/mol. The van der Waals surface area contributed by atoms with Gasteiger partial charge in [0.2, 0.25) is 0 Å². The lowest BCUT2D eigenvalue weighted by Gasteiger charge is -2.27. The summed E-state index contributed by atoms with van der Waals surface area (Å²) in [6.45, 7) is 8.20. The van der Waals surface area contributed by atoms with Crippen molar-refractivity contribution in [3.05, 3.63) is 12.7 Å². The molecule has 0 amide bonds. The molecule has 0 spiro atoms. The maximum atomic E-state index is 11.4. The monoisotopic (exact) mass is 362 g/mol. The standard InChI is InChI=1S/C21H30O5/c1-5-7-9-11-13-15-19(24)21(26-18(4)23)20(25-17(3)22)16-14-12-10-8-6-2/h6,19-21,24H,2,5,7-8,10,12,14,16H2,1,3-4H3. The third kappa shape index (κ3) is 12.2. The van der Waals surface area contributed by atoms with E-state index in [9.17, 15) is 14.7 Å². The predicted molar refractivity (Wildman–Crippen MR) is 101 cm³/mol. The summed E-state index contributed by atoms with van der Waals surface area (Å²) in [6.07, 6.45) is 4.45. The average molecular weight is 362 g/mol. The van der Waals surface area contributed by atoms with Crippen LogP contribution in [0.1, 0.15) is 65.7 Å². The zero-order valence-electron chi connectivity index (χ0n) is 16.0. The van der Waals surface area contributed by atoms with Crippen molar-refractivity contribution >= 4 is 11.9 Å². The van der Waals surface area contributed by atoms with Gasteiger partial charge >= 0.3 is 11.9 Å². The number of allylic oxidation sites excluding steroid dienone is 1. The minimum atomic E-state index is -1.28. The van der Waals surface area contributed by atoms with Gasteiger partial charge in [0.1, 0.15) is 6.10 Å². The second-order valence-electron chi connectivity index (χ2n) is 5.91. The first kappa shape index (κ1) is 23.8. The number of unbranched alkanes of at least 4 members (excludes halogenated alkanes) is 4. The van der Waals surface area contributed by atoms with E-state index in [2.05, 4.69) is 30.3 Å². The van der Waals surface area contributed by atoms with Gasteiger partial charge in [-0.15, -0.1) is 6.58 Å². The van der Waals surface area contributed by atoms with E-state index in [0.29, 0.717) is 6.42 Å². The zero-order valence-corrected chi connectivity index (χ0v) is 16.0. The number of carbonyl (C=O) groups is 2. The SMILES string of the molecule is C=CCCCCCC(OC(C)=O)C(OC(C)=O)C(O)C#CC#CCCC. The first-order valence-electron chi connectivity index (χ1n) is 9.04. The van der Waals surface area contributed by atoms with Gasteiger partial charge in [0.15, 0.2) is 12.2 Å². The zero-order chi connectivity index (χ0) is 19.8. The highest BCUT2D eigenvalue weighted by molar-refractivity contribution is 5.67. The Morgan fingerprint density at radius 2 is 1.81 bits per heavy atom. The van der Waals surface area contributed by atoms with E-state index in [1.54, 1.807) is 0 Å². The topological polar surface area (TPSA) is 72.8 Å². The van der Waals surface area contributed by atoms with Crippen molar-refractivity contribution < 1.29 is 24.2 Å². The molecule has 0 heterocycles. The van der Waals surface area contributed by atoms with Gasteiger partial charge in [-0.2, -0.15) is 0 Å². The predicted octanol–water partition coefficient (Wildman–Crippen LogP) is 3.15. The summed E-state index contributed by atoms with van der Waals surface area (Å²) in [5.41, 5.74) is 0. The molecule has 0 aliphatic rings. The van der Waals surface area contributed by atoms with Crippen molar-refractivity contribution in [2.24, 2.45) is 0 Å². The van der Waals surface area contributed by atoms with Crippen LogP contribution < -0.4 is 0 Å². The highest BCUT2D eigenvalue weighted by atomic mass is 16.6. The molecule has 3 unspecified atom stereocenters. The molecular formula is C21H30O5. The van der Waals surface area contributed by atoms with Crippen molar-refractivity contribution in [1.29, 1.82) is 0 Å². The van der Waals surface area contributed by atoms with E-state index in [-0.39, 0.29) is 0 Å². The molecule has 0 aromatic carbocycles.